The molecular weight excluding hydrogens is 322 g/mol. The van der Waals surface area contributed by atoms with E-state index >= 15 is 0 Å². The average molecular weight is 346 g/mol. The third-order valence-electron chi connectivity index (χ3n) is 3.11. The van der Waals surface area contributed by atoms with Crippen LogP contribution in [-0.2, 0) is 11.2 Å². The van der Waals surface area contributed by atoms with Crippen LogP contribution < -0.4 is 5.32 Å². The van der Waals surface area contributed by atoms with Gasteiger partial charge in [0.25, 0.3) is 0 Å². The van der Waals surface area contributed by atoms with E-state index in [1.807, 2.05) is 11.8 Å². The minimum absolute atomic E-state index is 0.683. The summed E-state index contributed by atoms with van der Waals surface area (Å²) in [6.07, 6.45) is 4.55. The van der Waals surface area contributed by atoms with Gasteiger partial charge in [-0.25, -0.2) is 0 Å². The fraction of sp³-hybridized carbons (Fsp3) is 0.600. The highest BCUT2D eigenvalue weighted by atomic mass is 79.9. The molecular formula is C15H24BrNOS. The van der Waals surface area contributed by atoms with Gasteiger partial charge in [-0.1, -0.05) is 34.1 Å². The molecule has 1 unspecified atom stereocenters. The molecule has 108 valence electrons. The van der Waals surface area contributed by atoms with Gasteiger partial charge in [-0.3, -0.25) is 0 Å². The lowest BCUT2D eigenvalue weighted by Gasteiger charge is -2.18. The molecule has 19 heavy (non-hydrogen) atoms. The molecule has 1 N–H and O–H groups in total. The molecule has 0 amide bonds. The average Bonchev–Trinajstić information content (AvgIpc) is 2.43. The fourth-order valence-electron chi connectivity index (χ4n) is 2.02. The van der Waals surface area contributed by atoms with Crippen LogP contribution in [0.3, 0.4) is 0 Å². The van der Waals surface area contributed by atoms with E-state index in [9.17, 15) is 0 Å². The van der Waals surface area contributed by atoms with Gasteiger partial charge in [-0.15, -0.1) is 0 Å². The van der Waals surface area contributed by atoms with Crippen molar-refractivity contribution in [1.82, 2.24) is 5.32 Å². The lowest BCUT2D eigenvalue weighted by molar-refractivity contribution is 0.197. The topological polar surface area (TPSA) is 21.3 Å². The predicted octanol–water partition coefficient (Wildman–Crippen LogP) is 3.60. The van der Waals surface area contributed by atoms with Gasteiger partial charge in [0.1, 0.15) is 0 Å². The molecule has 1 aromatic carbocycles. The van der Waals surface area contributed by atoms with E-state index in [0.29, 0.717) is 5.92 Å². The standard InChI is InChI=1S/C15H24BrNOS/c1-18-9-8-17-12-13(7-10-19-2)11-14-5-3-4-6-15(14)16/h3-6,13,17H,7-12H2,1-2H3. The molecule has 4 heteroatoms. The summed E-state index contributed by atoms with van der Waals surface area (Å²) in [5.41, 5.74) is 1.40. The smallest absolute Gasteiger partial charge is 0.0587 e. The number of nitrogens with one attached hydrogen (secondary N) is 1. The first-order valence-electron chi connectivity index (χ1n) is 6.70. The van der Waals surface area contributed by atoms with Crippen molar-refractivity contribution in [3.05, 3.63) is 34.3 Å². The Morgan fingerprint density at radius 3 is 2.84 bits per heavy atom. The number of thioether (sulfide) groups is 1. The minimum atomic E-state index is 0.683. The second-order valence-corrected chi connectivity index (χ2v) is 6.48. The molecule has 0 bridgehead atoms. The predicted molar refractivity (Wildman–Crippen MR) is 89.1 cm³/mol. The number of hydrogen-bond acceptors (Lipinski definition) is 3. The molecule has 1 rings (SSSR count). The third kappa shape index (κ3) is 7.35. The largest absolute Gasteiger partial charge is 0.383 e. The van der Waals surface area contributed by atoms with E-state index in [0.717, 1.165) is 26.1 Å². The Kier molecular flexibility index (Phi) is 9.61. The van der Waals surface area contributed by atoms with Crippen LogP contribution >= 0.6 is 27.7 Å². The molecule has 0 aromatic heterocycles. The zero-order valence-corrected chi connectivity index (χ0v) is 14.2. The molecule has 0 saturated carbocycles. The molecule has 0 aliphatic heterocycles. The van der Waals surface area contributed by atoms with Gasteiger partial charge in [-0.2, -0.15) is 11.8 Å². The number of halogens is 1. The third-order valence-corrected chi connectivity index (χ3v) is 4.53. The van der Waals surface area contributed by atoms with Crippen molar-refractivity contribution >= 4 is 27.7 Å². The Bertz CT molecular complexity index is 349. The Hall–Kier alpha value is -0.0300. The molecule has 0 aliphatic rings. The van der Waals surface area contributed by atoms with E-state index in [2.05, 4.69) is 51.8 Å². The maximum Gasteiger partial charge on any atom is 0.0587 e. The highest BCUT2D eigenvalue weighted by Gasteiger charge is 2.11. The first-order valence-corrected chi connectivity index (χ1v) is 8.88. The summed E-state index contributed by atoms with van der Waals surface area (Å²) in [6, 6.07) is 8.52. The summed E-state index contributed by atoms with van der Waals surface area (Å²) in [4.78, 5) is 0. The quantitative estimate of drug-likeness (QED) is 0.654. The van der Waals surface area contributed by atoms with E-state index in [1.165, 1.54) is 22.2 Å². The molecule has 0 fully saturated rings. The summed E-state index contributed by atoms with van der Waals surface area (Å²) < 4.78 is 6.29. The highest BCUT2D eigenvalue weighted by Crippen LogP contribution is 2.21. The van der Waals surface area contributed by atoms with Gasteiger partial charge >= 0.3 is 0 Å². The van der Waals surface area contributed by atoms with Gasteiger partial charge in [0.2, 0.25) is 0 Å². The van der Waals surface area contributed by atoms with Crippen molar-refractivity contribution in [1.29, 1.82) is 0 Å². The van der Waals surface area contributed by atoms with Crippen LogP contribution in [0.15, 0.2) is 28.7 Å². The van der Waals surface area contributed by atoms with Crippen LogP contribution in [0.2, 0.25) is 0 Å². The van der Waals surface area contributed by atoms with E-state index in [4.69, 9.17) is 4.74 Å². The number of ether oxygens (including phenoxy) is 1. The van der Waals surface area contributed by atoms with Gasteiger partial charge in [-0.05, 0) is 48.9 Å². The Morgan fingerprint density at radius 2 is 2.16 bits per heavy atom. The van der Waals surface area contributed by atoms with Gasteiger partial charge in [0, 0.05) is 18.1 Å². The van der Waals surface area contributed by atoms with E-state index in [-0.39, 0.29) is 0 Å². The van der Waals surface area contributed by atoms with Crippen LogP contribution in [0.5, 0.6) is 0 Å². The molecule has 2 nitrogen and oxygen atoms in total. The summed E-state index contributed by atoms with van der Waals surface area (Å²) in [5.74, 6) is 1.91. The summed E-state index contributed by atoms with van der Waals surface area (Å²) in [6.45, 7) is 2.78. The second-order valence-electron chi connectivity index (χ2n) is 4.64. The van der Waals surface area contributed by atoms with Crippen molar-refractivity contribution in [2.45, 2.75) is 12.8 Å². The van der Waals surface area contributed by atoms with Crippen LogP contribution in [0, 0.1) is 5.92 Å². The van der Waals surface area contributed by atoms with Gasteiger partial charge in [0.05, 0.1) is 6.61 Å². The zero-order valence-electron chi connectivity index (χ0n) is 11.8. The maximum absolute atomic E-state index is 5.07. The molecule has 0 aliphatic carbocycles. The second kappa shape index (κ2) is 10.7. The van der Waals surface area contributed by atoms with Crippen LogP contribution in [0.25, 0.3) is 0 Å². The molecule has 0 saturated heterocycles. The molecule has 1 aromatic rings. The Balaban J connectivity index is 2.46. The number of benzene rings is 1. The first kappa shape index (κ1) is 17.0. The molecule has 0 spiro atoms. The minimum Gasteiger partial charge on any atom is -0.383 e. The summed E-state index contributed by atoms with van der Waals surface area (Å²) >= 11 is 5.56. The molecule has 1 atom stereocenters. The Morgan fingerprint density at radius 1 is 1.37 bits per heavy atom. The van der Waals surface area contributed by atoms with E-state index < -0.39 is 0 Å². The normalized spacial score (nSPS) is 12.6. The SMILES string of the molecule is COCCNCC(CCSC)Cc1ccccc1Br. The van der Waals surface area contributed by atoms with Crippen molar-refractivity contribution in [3.8, 4) is 0 Å². The highest BCUT2D eigenvalue weighted by molar-refractivity contribution is 9.10. The zero-order chi connectivity index (χ0) is 13.9. The van der Waals surface area contributed by atoms with Crippen molar-refractivity contribution < 1.29 is 4.74 Å². The van der Waals surface area contributed by atoms with Crippen molar-refractivity contribution in [2.24, 2.45) is 5.92 Å². The molecule has 0 radical (unpaired) electrons. The summed E-state index contributed by atoms with van der Waals surface area (Å²) in [7, 11) is 1.74. The molecule has 0 heterocycles. The van der Waals surface area contributed by atoms with E-state index in [1.54, 1.807) is 7.11 Å². The first-order chi connectivity index (χ1) is 9.27. The lowest BCUT2D eigenvalue weighted by Crippen LogP contribution is -2.27. The Labute approximate surface area is 129 Å². The van der Waals surface area contributed by atoms with Gasteiger partial charge < -0.3 is 10.1 Å². The van der Waals surface area contributed by atoms with Crippen molar-refractivity contribution in [2.75, 3.05) is 38.8 Å². The van der Waals surface area contributed by atoms with Crippen LogP contribution in [0.1, 0.15) is 12.0 Å². The van der Waals surface area contributed by atoms with Crippen molar-refractivity contribution in [3.63, 3.8) is 0 Å². The monoisotopic (exact) mass is 345 g/mol. The van der Waals surface area contributed by atoms with Crippen LogP contribution in [-0.4, -0.2) is 38.8 Å². The number of rotatable bonds is 10. The number of hydrogen-bond donors (Lipinski definition) is 1. The maximum atomic E-state index is 5.07. The fourth-order valence-corrected chi connectivity index (χ4v) is 3.03. The van der Waals surface area contributed by atoms with Crippen LogP contribution in [0.4, 0.5) is 0 Å². The van der Waals surface area contributed by atoms with Gasteiger partial charge in [0.15, 0.2) is 0 Å². The lowest BCUT2D eigenvalue weighted by atomic mass is 9.97. The number of methoxy groups -OCH3 is 1. The summed E-state index contributed by atoms with van der Waals surface area (Å²) in [5, 5.41) is 3.49.